The van der Waals surface area contributed by atoms with E-state index in [0.29, 0.717) is 0 Å². The average Bonchev–Trinajstić information content (AvgIpc) is 2.35. The molecule has 2 nitrogen and oxygen atoms in total. The molecule has 2 rings (SSSR count). The van der Waals surface area contributed by atoms with Gasteiger partial charge in [-0.2, -0.15) is 0 Å². The first-order valence-corrected chi connectivity index (χ1v) is 6.17. The quantitative estimate of drug-likeness (QED) is 0.878. The van der Waals surface area contributed by atoms with Gasteiger partial charge in [0.2, 0.25) is 0 Å². The number of hydrogen-bond acceptors (Lipinski definition) is 2. The molecule has 0 aliphatic carbocycles. The zero-order valence-electron chi connectivity index (χ0n) is 11.2. The Morgan fingerprint density at radius 3 is 2.67 bits per heavy atom. The third-order valence-electron chi connectivity index (χ3n) is 2.85. The molecule has 0 saturated carbocycles. The van der Waals surface area contributed by atoms with E-state index < -0.39 is 0 Å². The number of benzene rings is 2. The molecule has 0 radical (unpaired) electrons. The lowest BCUT2D eigenvalue weighted by molar-refractivity contribution is 0.477. The predicted molar refractivity (Wildman–Crippen MR) is 75.2 cm³/mol. The van der Waals surface area contributed by atoms with E-state index >= 15 is 0 Å². The highest BCUT2D eigenvalue weighted by molar-refractivity contribution is 5.40. The van der Waals surface area contributed by atoms with Crippen molar-refractivity contribution in [3.8, 4) is 11.5 Å². The van der Waals surface area contributed by atoms with Gasteiger partial charge in [0.05, 0.1) is 0 Å². The average molecular weight is 241 g/mol. The van der Waals surface area contributed by atoms with Crippen LogP contribution in [-0.4, -0.2) is 7.05 Å². The molecule has 18 heavy (non-hydrogen) atoms. The molecule has 0 heterocycles. The summed E-state index contributed by atoms with van der Waals surface area (Å²) in [5, 5.41) is 3.14. The number of ether oxygens (including phenoxy) is 1. The van der Waals surface area contributed by atoms with Crippen molar-refractivity contribution in [1.29, 1.82) is 0 Å². The summed E-state index contributed by atoms with van der Waals surface area (Å²) in [6.07, 6.45) is 0. The van der Waals surface area contributed by atoms with Gasteiger partial charge in [-0.15, -0.1) is 0 Å². The highest BCUT2D eigenvalue weighted by atomic mass is 16.5. The molecule has 0 unspecified atom stereocenters. The fourth-order valence-electron chi connectivity index (χ4n) is 1.87. The van der Waals surface area contributed by atoms with Crippen LogP contribution < -0.4 is 10.1 Å². The van der Waals surface area contributed by atoms with Crippen LogP contribution in [0.4, 0.5) is 0 Å². The Labute approximate surface area is 109 Å². The minimum atomic E-state index is 0.851. The van der Waals surface area contributed by atoms with E-state index in [1.54, 1.807) is 0 Å². The normalized spacial score (nSPS) is 10.4. The second-order valence-electron chi connectivity index (χ2n) is 4.55. The minimum absolute atomic E-state index is 0.851. The third-order valence-corrected chi connectivity index (χ3v) is 2.85. The van der Waals surface area contributed by atoms with Crippen LogP contribution in [0.3, 0.4) is 0 Å². The van der Waals surface area contributed by atoms with Crippen LogP contribution in [0.5, 0.6) is 11.5 Å². The highest BCUT2D eigenvalue weighted by Gasteiger charge is 2.02. The third kappa shape index (κ3) is 3.11. The van der Waals surface area contributed by atoms with Crippen molar-refractivity contribution in [3.63, 3.8) is 0 Å². The predicted octanol–water partition coefficient (Wildman–Crippen LogP) is 3.82. The Hall–Kier alpha value is -1.80. The molecule has 0 amide bonds. The number of hydrogen-bond donors (Lipinski definition) is 1. The van der Waals surface area contributed by atoms with Gasteiger partial charge in [-0.05, 0) is 55.8 Å². The summed E-state index contributed by atoms with van der Waals surface area (Å²) in [7, 11) is 1.94. The van der Waals surface area contributed by atoms with E-state index in [9.17, 15) is 0 Å². The molecular weight excluding hydrogens is 222 g/mol. The van der Waals surface area contributed by atoms with Crippen LogP contribution in [0.25, 0.3) is 0 Å². The van der Waals surface area contributed by atoms with E-state index in [0.717, 1.165) is 23.6 Å². The van der Waals surface area contributed by atoms with Crippen molar-refractivity contribution < 1.29 is 4.74 Å². The SMILES string of the molecule is CNCc1cccc(Oc2cc(C)ccc2C)c1. The lowest BCUT2D eigenvalue weighted by atomic mass is 10.1. The first-order valence-electron chi connectivity index (χ1n) is 6.17. The van der Waals surface area contributed by atoms with E-state index in [2.05, 4.69) is 49.5 Å². The van der Waals surface area contributed by atoms with Crippen LogP contribution in [0.1, 0.15) is 16.7 Å². The molecule has 1 N–H and O–H groups in total. The molecule has 0 spiro atoms. The number of aryl methyl sites for hydroxylation is 2. The van der Waals surface area contributed by atoms with Crippen LogP contribution in [0, 0.1) is 13.8 Å². The van der Waals surface area contributed by atoms with Gasteiger partial charge in [0.25, 0.3) is 0 Å². The Kier molecular flexibility index (Phi) is 4.00. The summed E-state index contributed by atoms with van der Waals surface area (Å²) in [6.45, 7) is 4.99. The lowest BCUT2D eigenvalue weighted by Crippen LogP contribution is -2.04. The minimum Gasteiger partial charge on any atom is -0.457 e. The molecule has 2 heteroatoms. The van der Waals surface area contributed by atoms with Gasteiger partial charge < -0.3 is 10.1 Å². The second-order valence-corrected chi connectivity index (χ2v) is 4.55. The topological polar surface area (TPSA) is 21.3 Å². The second kappa shape index (κ2) is 5.69. The zero-order valence-corrected chi connectivity index (χ0v) is 11.2. The molecular formula is C16H19NO. The van der Waals surface area contributed by atoms with Crippen LogP contribution in [0.2, 0.25) is 0 Å². The molecule has 94 valence electrons. The molecule has 0 aromatic heterocycles. The maximum absolute atomic E-state index is 5.95. The van der Waals surface area contributed by atoms with Crippen molar-refractivity contribution in [3.05, 3.63) is 59.2 Å². The number of rotatable bonds is 4. The van der Waals surface area contributed by atoms with Gasteiger partial charge in [0, 0.05) is 6.54 Å². The first kappa shape index (κ1) is 12.7. The maximum atomic E-state index is 5.95. The van der Waals surface area contributed by atoms with Gasteiger partial charge in [-0.3, -0.25) is 0 Å². The summed E-state index contributed by atoms with van der Waals surface area (Å²) < 4.78 is 5.95. The van der Waals surface area contributed by atoms with Gasteiger partial charge in [0.15, 0.2) is 0 Å². The maximum Gasteiger partial charge on any atom is 0.130 e. The molecule has 2 aromatic carbocycles. The Bertz CT molecular complexity index is 534. The summed E-state index contributed by atoms with van der Waals surface area (Å²) in [6, 6.07) is 14.4. The number of nitrogens with one attached hydrogen (secondary N) is 1. The zero-order chi connectivity index (χ0) is 13.0. The standard InChI is InChI=1S/C16H19NO/c1-12-7-8-13(2)16(9-12)18-15-6-4-5-14(10-15)11-17-3/h4-10,17H,11H2,1-3H3. The van der Waals surface area contributed by atoms with Crippen molar-refractivity contribution in [1.82, 2.24) is 5.32 Å². The summed E-state index contributed by atoms with van der Waals surface area (Å²) in [5.41, 5.74) is 3.59. The molecule has 0 aliphatic heterocycles. The Balaban J connectivity index is 2.22. The molecule has 0 aliphatic rings. The summed E-state index contributed by atoms with van der Waals surface area (Å²) in [4.78, 5) is 0. The fourth-order valence-corrected chi connectivity index (χ4v) is 1.87. The smallest absolute Gasteiger partial charge is 0.130 e. The molecule has 0 fully saturated rings. The Morgan fingerprint density at radius 2 is 1.89 bits per heavy atom. The molecule has 0 atom stereocenters. The molecule has 2 aromatic rings. The van der Waals surface area contributed by atoms with Crippen molar-refractivity contribution in [2.75, 3.05) is 7.05 Å². The van der Waals surface area contributed by atoms with Crippen molar-refractivity contribution in [2.24, 2.45) is 0 Å². The van der Waals surface area contributed by atoms with Gasteiger partial charge in [-0.1, -0.05) is 24.3 Å². The van der Waals surface area contributed by atoms with Crippen LogP contribution >= 0.6 is 0 Å². The monoisotopic (exact) mass is 241 g/mol. The lowest BCUT2D eigenvalue weighted by Gasteiger charge is -2.10. The van der Waals surface area contributed by atoms with Gasteiger partial charge in [0.1, 0.15) is 11.5 Å². The van der Waals surface area contributed by atoms with E-state index in [-0.39, 0.29) is 0 Å². The van der Waals surface area contributed by atoms with Crippen LogP contribution in [-0.2, 0) is 6.54 Å². The largest absolute Gasteiger partial charge is 0.457 e. The van der Waals surface area contributed by atoms with E-state index in [4.69, 9.17) is 4.74 Å². The van der Waals surface area contributed by atoms with Gasteiger partial charge >= 0.3 is 0 Å². The highest BCUT2D eigenvalue weighted by Crippen LogP contribution is 2.26. The van der Waals surface area contributed by atoms with E-state index in [1.165, 1.54) is 11.1 Å². The Morgan fingerprint density at radius 1 is 1.06 bits per heavy atom. The molecule has 0 bridgehead atoms. The van der Waals surface area contributed by atoms with Crippen LogP contribution in [0.15, 0.2) is 42.5 Å². The summed E-state index contributed by atoms with van der Waals surface area (Å²) >= 11 is 0. The van der Waals surface area contributed by atoms with Gasteiger partial charge in [-0.25, -0.2) is 0 Å². The van der Waals surface area contributed by atoms with Crippen molar-refractivity contribution >= 4 is 0 Å². The fraction of sp³-hybridized carbons (Fsp3) is 0.250. The van der Waals surface area contributed by atoms with E-state index in [1.807, 2.05) is 19.2 Å². The summed E-state index contributed by atoms with van der Waals surface area (Å²) in [5.74, 6) is 1.81. The molecule has 0 saturated heterocycles. The van der Waals surface area contributed by atoms with Crippen molar-refractivity contribution in [2.45, 2.75) is 20.4 Å². The first-order chi connectivity index (χ1) is 8.69.